The van der Waals surface area contributed by atoms with E-state index in [1.54, 1.807) is 0 Å². The lowest BCUT2D eigenvalue weighted by atomic mass is 9.87. The third kappa shape index (κ3) is 2.25. The molecule has 2 heterocycles. The summed E-state index contributed by atoms with van der Waals surface area (Å²) in [6.07, 6.45) is 2.81. The van der Waals surface area contributed by atoms with Crippen LogP contribution < -0.4 is 5.32 Å². The van der Waals surface area contributed by atoms with E-state index >= 15 is 0 Å². The molecule has 0 radical (unpaired) electrons. The Morgan fingerprint density at radius 2 is 2.00 bits per heavy atom. The molecule has 0 aliphatic carbocycles. The van der Waals surface area contributed by atoms with Crippen LogP contribution in [0.25, 0.3) is 0 Å². The third-order valence-corrected chi connectivity index (χ3v) is 2.96. The van der Waals surface area contributed by atoms with Gasteiger partial charge in [-0.15, -0.1) is 24.8 Å². The molecule has 0 aromatic rings. The number of nitrogens with one attached hydrogen (secondary N) is 1. The highest BCUT2D eigenvalue weighted by molar-refractivity contribution is 5.85. The molecule has 1 spiro atoms. The van der Waals surface area contributed by atoms with E-state index in [-0.39, 0.29) is 24.8 Å². The van der Waals surface area contributed by atoms with Crippen LogP contribution in [0.15, 0.2) is 0 Å². The summed E-state index contributed by atoms with van der Waals surface area (Å²) < 4.78 is 0. The minimum Gasteiger partial charge on any atom is -0.316 e. The van der Waals surface area contributed by atoms with Gasteiger partial charge in [0.2, 0.25) is 0 Å². The fourth-order valence-corrected chi connectivity index (χ4v) is 2.30. The van der Waals surface area contributed by atoms with Crippen molar-refractivity contribution in [1.82, 2.24) is 10.2 Å². The quantitative estimate of drug-likeness (QED) is 0.649. The Morgan fingerprint density at radius 1 is 1.25 bits per heavy atom. The highest BCUT2D eigenvalue weighted by Crippen LogP contribution is 2.34. The number of hydrogen-bond donors (Lipinski definition) is 1. The molecular formula is C8H18Cl2N2. The molecule has 0 amide bonds. The van der Waals surface area contributed by atoms with E-state index in [1.165, 1.54) is 39.0 Å². The minimum atomic E-state index is 0. The Hall–Kier alpha value is 0.500. The molecule has 2 rings (SSSR count). The zero-order valence-corrected chi connectivity index (χ0v) is 9.14. The molecule has 4 heteroatoms. The predicted molar refractivity (Wildman–Crippen MR) is 56.5 cm³/mol. The van der Waals surface area contributed by atoms with Gasteiger partial charge in [0.05, 0.1) is 0 Å². The molecule has 1 atom stereocenters. The van der Waals surface area contributed by atoms with Gasteiger partial charge in [-0.3, -0.25) is 0 Å². The average Bonchev–Trinajstić information content (AvgIpc) is 2.46. The van der Waals surface area contributed by atoms with Gasteiger partial charge < -0.3 is 10.2 Å². The van der Waals surface area contributed by atoms with Crippen molar-refractivity contribution in [2.45, 2.75) is 12.8 Å². The van der Waals surface area contributed by atoms with Gasteiger partial charge in [0.25, 0.3) is 0 Å². The summed E-state index contributed by atoms with van der Waals surface area (Å²) in [6, 6.07) is 0. The Bertz CT molecular complexity index is 135. The van der Waals surface area contributed by atoms with Crippen LogP contribution in [0.4, 0.5) is 0 Å². The van der Waals surface area contributed by atoms with E-state index in [1.807, 2.05) is 0 Å². The SMILES string of the molecule is CN1CCC2(CCNC2)C1.Cl.Cl. The molecule has 0 bridgehead atoms. The second-order valence-corrected chi connectivity index (χ2v) is 3.91. The molecule has 2 aliphatic rings. The Morgan fingerprint density at radius 3 is 2.42 bits per heavy atom. The zero-order chi connectivity index (χ0) is 7.03. The lowest BCUT2D eigenvalue weighted by molar-refractivity contribution is 0.309. The van der Waals surface area contributed by atoms with Crippen LogP contribution in [-0.4, -0.2) is 38.1 Å². The second kappa shape index (κ2) is 4.66. The van der Waals surface area contributed by atoms with E-state index in [0.717, 1.165) is 0 Å². The highest BCUT2D eigenvalue weighted by Gasteiger charge is 2.38. The first-order valence-corrected chi connectivity index (χ1v) is 4.20. The maximum Gasteiger partial charge on any atom is 0.00481 e. The van der Waals surface area contributed by atoms with Crippen LogP contribution in [0.1, 0.15) is 12.8 Å². The van der Waals surface area contributed by atoms with E-state index in [0.29, 0.717) is 5.41 Å². The molecule has 12 heavy (non-hydrogen) atoms. The molecule has 2 nitrogen and oxygen atoms in total. The molecule has 1 unspecified atom stereocenters. The van der Waals surface area contributed by atoms with Crippen molar-refractivity contribution in [3.05, 3.63) is 0 Å². The van der Waals surface area contributed by atoms with Gasteiger partial charge in [0.1, 0.15) is 0 Å². The van der Waals surface area contributed by atoms with Crippen molar-refractivity contribution in [2.24, 2.45) is 5.41 Å². The lowest BCUT2D eigenvalue weighted by Crippen LogP contribution is -2.27. The first-order valence-electron chi connectivity index (χ1n) is 4.20. The van der Waals surface area contributed by atoms with Crippen molar-refractivity contribution in [3.63, 3.8) is 0 Å². The molecule has 2 saturated heterocycles. The van der Waals surface area contributed by atoms with E-state index < -0.39 is 0 Å². The molecule has 0 aromatic carbocycles. The number of rotatable bonds is 0. The first kappa shape index (κ1) is 12.5. The minimum absolute atomic E-state index is 0. The summed E-state index contributed by atoms with van der Waals surface area (Å²) in [4.78, 5) is 2.45. The van der Waals surface area contributed by atoms with Crippen LogP contribution in [0.3, 0.4) is 0 Å². The second-order valence-electron chi connectivity index (χ2n) is 3.91. The van der Waals surface area contributed by atoms with Gasteiger partial charge in [-0.1, -0.05) is 0 Å². The van der Waals surface area contributed by atoms with Gasteiger partial charge in [-0.2, -0.15) is 0 Å². The standard InChI is InChI=1S/C8H16N2.2ClH/c1-10-5-3-8(7-10)2-4-9-6-8;;/h9H,2-7H2,1H3;2*1H. The number of likely N-dealkylation sites (tertiary alicyclic amines) is 1. The Labute approximate surface area is 86.9 Å². The van der Waals surface area contributed by atoms with Gasteiger partial charge in [-0.05, 0) is 38.4 Å². The van der Waals surface area contributed by atoms with Crippen LogP contribution >= 0.6 is 24.8 Å². The van der Waals surface area contributed by atoms with Crippen molar-refractivity contribution in [3.8, 4) is 0 Å². The Balaban J connectivity index is 0.000000605. The fraction of sp³-hybridized carbons (Fsp3) is 1.00. The molecule has 0 aromatic heterocycles. The third-order valence-electron chi connectivity index (χ3n) is 2.96. The number of nitrogens with zero attached hydrogens (tertiary/aromatic N) is 1. The number of halogens is 2. The summed E-state index contributed by atoms with van der Waals surface area (Å²) in [5.41, 5.74) is 0.675. The van der Waals surface area contributed by atoms with Crippen LogP contribution in [0.5, 0.6) is 0 Å². The predicted octanol–water partition coefficient (Wildman–Crippen LogP) is 1.15. The highest BCUT2D eigenvalue weighted by atomic mass is 35.5. The van der Waals surface area contributed by atoms with Crippen molar-refractivity contribution in [2.75, 3.05) is 33.2 Å². The monoisotopic (exact) mass is 212 g/mol. The zero-order valence-electron chi connectivity index (χ0n) is 7.51. The topological polar surface area (TPSA) is 15.3 Å². The van der Waals surface area contributed by atoms with Gasteiger partial charge in [0, 0.05) is 13.1 Å². The average molecular weight is 213 g/mol. The van der Waals surface area contributed by atoms with Crippen LogP contribution in [-0.2, 0) is 0 Å². The van der Waals surface area contributed by atoms with Crippen molar-refractivity contribution >= 4 is 24.8 Å². The van der Waals surface area contributed by atoms with Gasteiger partial charge >= 0.3 is 0 Å². The normalized spacial score (nSPS) is 34.8. The maximum absolute atomic E-state index is 3.45. The summed E-state index contributed by atoms with van der Waals surface area (Å²) in [6.45, 7) is 5.13. The van der Waals surface area contributed by atoms with Gasteiger partial charge in [-0.25, -0.2) is 0 Å². The van der Waals surface area contributed by atoms with E-state index in [4.69, 9.17) is 0 Å². The Kier molecular flexibility index (Phi) is 4.85. The first-order chi connectivity index (χ1) is 4.81. The largest absolute Gasteiger partial charge is 0.316 e. The summed E-state index contributed by atoms with van der Waals surface area (Å²) in [5.74, 6) is 0. The van der Waals surface area contributed by atoms with Crippen LogP contribution in [0.2, 0.25) is 0 Å². The summed E-state index contributed by atoms with van der Waals surface area (Å²) in [5, 5.41) is 3.45. The fourth-order valence-electron chi connectivity index (χ4n) is 2.30. The molecule has 1 N–H and O–H groups in total. The van der Waals surface area contributed by atoms with Gasteiger partial charge in [0.15, 0.2) is 0 Å². The summed E-state index contributed by atoms with van der Waals surface area (Å²) in [7, 11) is 2.23. The molecule has 74 valence electrons. The van der Waals surface area contributed by atoms with E-state index in [9.17, 15) is 0 Å². The van der Waals surface area contributed by atoms with Crippen LogP contribution in [0, 0.1) is 5.41 Å². The van der Waals surface area contributed by atoms with Crippen molar-refractivity contribution in [1.29, 1.82) is 0 Å². The maximum atomic E-state index is 3.45. The number of hydrogen-bond acceptors (Lipinski definition) is 2. The molecule has 2 aliphatic heterocycles. The van der Waals surface area contributed by atoms with Crippen molar-refractivity contribution < 1.29 is 0 Å². The lowest BCUT2D eigenvalue weighted by Gasteiger charge is -2.20. The van der Waals surface area contributed by atoms with E-state index in [2.05, 4.69) is 17.3 Å². The summed E-state index contributed by atoms with van der Waals surface area (Å²) >= 11 is 0. The molecule has 2 fully saturated rings. The smallest absolute Gasteiger partial charge is 0.00481 e. The molecular weight excluding hydrogens is 195 g/mol. The molecule has 0 saturated carbocycles.